The monoisotopic (exact) mass is 303 g/mol. The zero-order valence-electron chi connectivity index (χ0n) is 13.3. The van der Waals surface area contributed by atoms with E-state index < -0.39 is 0 Å². The van der Waals surface area contributed by atoms with Crippen molar-refractivity contribution in [1.82, 2.24) is 5.32 Å². The Bertz CT molecular complexity index is 523. The van der Waals surface area contributed by atoms with E-state index in [1.54, 1.807) is 7.11 Å². The Labute approximate surface area is 132 Å². The van der Waals surface area contributed by atoms with Crippen LogP contribution < -0.4 is 14.8 Å². The van der Waals surface area contributed by atoms with Crippen molar-refractivity contribution < 1.29 is 14.3 Å². The van der Waals surface area contributed by atoms with Crippen LogP contribution in [0.25, 0.3) is 0 Å². The van der Waals surface area contributed by atoms with Gasteiger partial charge in [0, 0.05) is 18.9 Å². The number of ether oxygens (including phenoxy) is 2. The molecule has 0 bridgehead atoms. The van der Waals surface area contributed by atoms with Crippen molar-refractivity contribution in [3.05, 3.63) is 23.8 Å². The summed E-state index contributed by atoms with van der Waals surface area (Å²) in [6.45, 7) is 1.48. The first-order valence-corrected chi connectivity index (χ1v) is 8.33. The number of methoxy groups -OCH3 is 1. The fourth-order valence-electron chi connectivity index (χ4n) is 3.46. The molecule has 1 unspecified atom stereocenters. The van der Waals surface area contributed by atoms with Crippen LogP contribution in [0.3, 0.4) is 0 Å². The van der Waals surface area contributed by atoms with E-state index in [2.05, 4.69) is 5.32 Å². The Kier molecular flexibility index (Phi) is 4.86. The molecule has 1 saturated carbocycles. The number of rotatable bonds is 5. The third kappa shape index (κ3) is 3.54. The molecule has 1 aromatic rings. The van der Waals surface area contributed by atoms with Gasteiger partial charge in [-0.15, -0.1) is 0 Å². The normalized spacial score (nSPS) is 22.4. The smallest absolute Gasteiger partial charge is 0.220 e. The molecular formula is C18H25NO3. The van der Waals surface area contributed by atoms with Gasteiger partial charge in [0.15, 0.2) is 11.5 Å². The van der Waals surface area contributed by atoms with E-state index in [4.69, 9.17) is 9.47 Å². The zero-order valence-corrected chi connectivity index (χ0v) is 13.3. The topological polar surface area (TPSA) is 47.6 Å². The van der Waals surface area contributed by atoms with E-state index in [-0.39, 0.29) is 11.8 Å². The lowest BCUT2D eigenvalue weighted by Crippen LogP contribution is -2.16. The Morgan fingerprint density at radius 1 is 1.18 bits per heavy atom. The maximum atomic E-state index is 11.4. The largest absolute Gasteiger partial charge is 0.493 e. The predicted octanol–water partition coefficient (Wildman–Crippen LogP) is 3.26. The number of hydrogen-bond acceptors (Lipinski definition) is 3. The molecule has 4 heteroatoms. The second-order valence-corrected chi connectivity index (χ2v) is 6.43. The highest BCUT2D eigenvalue weighted by Gasteiger charge is 2.24. The Morgan fingerprint density at radius 3 is 2.68 bits per heavy atom. The van der Waals surface area contributed by atoms with Crippen molar-refractivity contribution in [2.75, 3.05) is 20.3 Å². The third-order valence-corrected chi connectivity index (χ3v) is 4.84. The fourth-order valence-corrected chi connectivity index (χ4v) is 3.46. The molecule has 0 spiro atoms. The average Bonchev–Trinajstić information content (AvgIpc) is 3.00. The highest BCUT2D eigenvalue weighted by atomic mass is 16.5. The van der Waals surface area contributed by atoms with Crippen molar-refractivity contribution in [2.24, 2.45) is 5.92 Å². The molecule has 120 valence electrons. The van der Waals surface area contributed by atoms with Gasteiger partial charge in [-0.25, -0.2) is 0 Å². The van der Waals surface area contributed by atoms with E-state index in [0.717, 1.165) is 23.7 Å². The van der Waals surface area contributed by atoms with Crippen LogP contribution in [-0.2, 0) is 4.79 Å². The van der Waals surface area contributed by atoms with Crippen molar-refractivity contribution in [3.8, 4) is 11.5 Å². The number of carbonyl (C=O) groups is 1. The summed E-state index contributed by atoms with van der Waals surface area (Å²) >= 11 is 0. The van der Waals surface area contributed by atoms with Gasteiger partial charge in [0.05, 0.1) is 13.7 Å². The standard InChI is InChI=1S/C18H25NO3/c1-21-16-8-7-14(15-10-18(20)19-11-15)9-17(16)22-12-13-5-3-2-4-6-13/h7-9,13,15H,2-6,10-12H2,1H3,(H,19,20). The molecule has 1 atom stereocenters. The summed E-state index contributed by atoms with van der Waals surface area (Å²) in [4.78, 5) is 11.4. The van der Waals surface area contributed by atoms with E-state index in [9.17, 15) is 4.79 Å². The molecular weight excluding hydrogens is 278 g/mol. The van der Waals surface area contributed by atoms with Crippen molar-refractivity contribution in [3.63, 3.8) is 0 Å². The second kappa shape index (κ2) is 7.03. The minimum atomic E-state index is 0.130. The van der Waals surface area contributed by atoms with Crippen LogP contribution in [0, 0.1) is 5.92 Å². The van der Waals surface area contributed by atoms with Gasteiger partial charge in [-0.1, -0.05) is 25.3 Å². The van der Waals surface area contributed by atoms with Crippen LogP contribution >= 0.6 is 0 Å². The van der Waals surface area contributed by atoms with E-state index in [0.29, 0.717) is 18.9 Å². The lowest BCUT2D eigenvalue weighted by atomic mass is 9.90. The second-order valence-electron chi connectivity index (χ2n) is 6.43. The van der Waals surface area contributed by atoms with Crippen LogP contribution in [0.4, 0.5) is 0 Å². The summed E-state index contributed by atoms with van der Waals surface area (Å²) in [6.07, 6.45) is 7.10. The highest BCUT2D eigenvalue weighted by Crippen LogP contribution is 2.34. The molecule has 0 radical (unpaired) electrons. The Balaban J connectivity index is 1.68. The molecule has 1 saturated heterocycles. The van der Waals surface area contributed by atoms with Gasteiger partial charge in [0.25, 0.3) is 0 Å². The van der Waals surface area contributed by atoms with Crippen LogP contribution in [0.1, 0.15) is 50.0 Å². The van der Waals surface area contributed by atoms with Crippen molar-refractivity contribution in [1.29, 1.82) is 0 Å². The summed E-state index contributed by atoms with van der Waals surface area (Å²) in [5.74, 6) is 2.62. The third-order valence-electron chi connectivity index (χ3n) is 4.84. The first kappa shape index (κ1) is 15.2. The van der Waals surface area contributed by atoms with Crippen molar-refractivity contribution >= 4 is 5.91 Å². The van der Waals surface area contributed by atoms with Gasteiger partial charge in [-0.05, 0) is 36.5 Å². The van der Waals surface area contributed by atoms with Crippen molar-refractivity contribution in [2.45, 2.75) is 44.4 Å². The number of amides is 1. The van der Waals surface area contributed by atoms with Crippen LogP contribution in [0.5, 0.6) is 11.5 Å². The summed E-state index contributed by atoms with van der Waals surface area (Å²) in [6, 6.07) is 6.04. The zero-order chi connectivity index (χ0) is 15.4. The molecule has 4 nitrogen and oxygen atoms in total. The molecule has 22 heavy (non-hydrogen) atoms. The number of benzene rings is 1. The van der Waals surface area contributed by atoms with Gasteiger partial charge >= 0.3 is 0 Å². The number of nitrogens with one attached hydrogen (secondary N) is 1. The summed E-state index contributed by atoms with van der Waals surface area (Å²) in [5.41, 5.74) is 1.15. The maximum absolute atomic E-state index is 11.4. The van der Waals surface area contributed by atoms with Crippen LogP contribution in [0.2, 0.25) is 0 Å². The van der Waals surface area contributed by atoms with Crippen LogP contribution in [-0.4, -0.2) is 26.2 Å². The van der Waals surface area contributed by atoms with Gasteiger partial charge in [0.1, 0.15) is 0 Å². The molecule has 1 heterocycles. The van der Waals surface area contributed by atoms with Gasteiger partial charge < -0.3 is 14.8 Å². The quantitative estimate of drug-likeness (QED) is 0.908. The Hall–Kier alpha value is -1.71. The first-order valence-electron chi connectivity index (χ1n) is 8.33. The first-order chi connectivity index (χ1) is 10.8. The fraction of sp³-hybridized carbons (Fsp3) is 0.611. The summed E-state index contributed by atoms with van der Waals surface area (Å²) in [7, 11) is 1.67. The van der Waals surface area contributed by atoms with Gasteiger partial charge in [-0.2, -0.15) is 0 Å². The molecule has 2 fully saturated rings. The van der Waals surface area contributed by atoms with Crippen LogP contribution in [0.15, 0.2) is 18.2 Å². The lowest BCUT2D eigenvalue weighted by molar-refractivity contribution is -0.119. The van der Waals surface area contributed by atoms with Gasteiger partial charge in [0.2, 0.25) is 5.91 Å². The van der Waals surface area contributed by atoms with Gasteiger partial charge in [-0.3, -0.25) is 4.79 Å². The molecule has 0 aromatic heterocycles. The SMILES string of the molecule is COc1ccc(C2CNC(=O)C2)cc1OCC1CCCCC1. The molecule has 1 aliphatic carbocycles. The minimum Gasteiger partial charge on any atom is -0.493 e. The molecule has 1 amide bonds. The lowest BCUT2D eigenvalue weighted by Gasteiger charge is -2.22. The van der Waals surface area contributed by atoms with E-state index in [1.807, 2.05) is 18.2 Å². The number of hydrogen-bond donors (Lipinski definition) is 1. The summed E-state index contributed by atoms with van der Waals surface area (Å²) < 4.78 is 11.5. The predicted molar refractivity (Wildman–Crippen MR) is 85.4 cm³/mol. The minimum absolute atomic E-state index is 0.130. The molecule has 2 aliphatic rings. The highest BCUT2D eigenvalue weighted by molar-refractivity contribution is 5.79. The Morgan fingerprint density at radius 2 is 2.00 bits per heavy atom. The number of carbonyl (C=O) groups excluding carboxylic acids is 1. The molecule has 1 aromatic carbocycles. The molecule has 1 N–H and O–H groups in total. The summed E-state index contributed by atoms with van der Waals surface area (Å²) in [5, 5.41) is 2.89. The molecule has 1 aliphatic heterocycles. The maximum Gasteiger partial charge on any atom is 0.220 e. The average molecular weight is 303 g/mol. The molecule has 3 rings (SSSR count). The van der Waals surface area contributed by atoms with E-state index in [1.165, 1.54) is 32.1 Å². The van der Waals surface area contributed by atoms with E-state index >= 15 is 0 Å².